The smallest absolute Gasteiger partial charge is 0.0479 e. The van der Waals surface area contributed by atoms with Crippen molar-refractivity contribution in [2.45, 2.75) is 27.2 Å². The normalized spacial score (nSPS) is 27.5. The van der Waals surface area contributed by atoms with Crippen molar-refractivity contribution in [2.24, 2.45) is 22.1 Å². The molecule has 1 atom stereocenters. The Morgan fingerprint density at radius 1 is 1.62 bits per heavy atom. The molecule has 1 aliphatic heterocycles. The standard InChI is InChI=1S/C11H18N2/c1-4-11(5-6-12)8-13-7-10(11)9(2)3/h5-9H,4,12H2,1-3H3/b6-5-. The Morgan fingerprint density at radius 3 is 2.77 bits per heavy atom. The molecule has 0 saturated heterocycles. The van der Waals surface area contributed by atoms with E-state index in [9.17, 15) is 0 Å². The van der Waals surface area contributed by atoms with Gasteiger partial charge in [-0.3, -0.25) is 4.99 Å². The second-order valence-corrected chi connectivity index (χ2v) is 3.77. The van der Waals surface area contributed by atoms with Crippen molar-refractivity contribution in [3.8, 4) is 0 Å². The Balaban J connectivity index is 3.00. The van der Waals surface area contributed by atoms with Crippen molar-refractivity contribution in [3.05, 3.63) is 24.0 Å². The summed E-state index contributed by atoms with van der Waals surface area (Å²) in [4.78, 5) is 4.24. The Labute approximate surface area is 80.2 Å². The minimum absolute atomic E-state index is 0.0110. The lowest BCUT2D eigenvalue weighted by Gasteiger charge is -2.26. The van der Waals surface area contributed by atoms with Crippen LogP contribution < -0.4 is 5.73 Å². The van der Waals surface area contributed by atoms with Crippen LogP contribution in [0.1, 0.15) is 27.2 Å². The first-order valence-corrected chi connectivity index (χ1v) is 4.80. The van der Waals surface area contributed by atoms with E-state index in [0.717, 1.165) is 6.42 Å². The number of nitrogens with two attached hydrogens (primary N) is 1. The number of rotatable bonds is 3. The fourth-order valence-electron chi connectivity index (χ4n) is 1.86. The van der Waals surface area contributed by atoms with Gasteiger partial charge >= 0.3 is 0 Å². The predicted octanol–water partition coefficient (Wildman–Crippen LogP) is 2.48. The van der Waals surface area contributed by atoms with Crippen LogP contribution in [0.5, 0.6) is 0 Å². The lowest BCUT2D eigenvalue weighted by molar-refractivity contribution is 0.547. The number of hydrogen-bond acceptors (Lipinski definition) is 2. The third kappa shape index (κ3) is 1.67. The lowest BCUT2D eigenvalue weighted by Crippen LogP contribution is -2.22. The van der Waals surface area contributed by atoms with Gasteiger partial charge in [-0.25, -0.2) is 0 Å². The average molecular weight is 178 g/mol. The van der Waals surface area contributed by atoms with Gasteiger partial charge in [-0.1, -0.05) is 26.8 Å². The van der Waals surface area contributed by atoms with Gasteiger partial charge in [0.2, 0.25) is 0 Å². The number of allylic oxidation sites excluding steroid dienone is 2. The maximum Gasteiger partial charge on any atom is 0.0479 e. The van der Waals surface area contributed by atoms with Crippen LogP contribution in [-0.2, 0) is 0 Å². The van der Waals surface area contributed by atoms with Crippen LogP contribution in [0.3, 0.4) is 0 Å². The molecule has 0 aromatic carbocycles. The molecule has 0 fully saturated rings. The van der Waals surface area contributed by atoms with Gasteiger partial charge in [0.25, 0.3) is 0 Å². The van der Waals surface area contributed by atoms with Gasteiger partial charge in [-0.2, -0.15) is 0 Å². The second kappa shape index (κ2) is 3.77. The summed E-state index contributed by atoms with van der Waals surface area (Å²) in [6.07, 6.45) is 8.64. The maximum absolute atomic E-state index is 5.46. The van der Waals surface area contributed by atoms with E-state index < -0.39 is 0 Å². The van der Waals surface area contributed by atoms with Crippen molar-refractivity contribution in [2.75, 3.05) is 0 Å². The first kappa shape index (κ1) is 10.0. The highest BCUT2D eigenvalue weighted by Gasteiger charge is 2.32. The first-order valence-electron chi connectivity index (χ1n) is 4.80. The Bertz CT molecular complexity index is 261. The average Bonchev–Trinajstić information content (AvgIpc) is 2.50. The molecule has 0 aliphatic carbocycles. The van der Waals surface area contributed by atoms with Crippen molar-refractivity contribution < 1.29 is 0 Å². The van der Waals surface area contributed by atoms with Gasteiger partial charge in [-0.15, -0.1) is 0 Å². The molecule has 2 nitrogen and oxygen atoms in total. The van der Waals surface area contributed by atoms with E-state index in [1.807, 2.05) is 18.5 Å². The largest absolute Gasteiger partial charge is 0.405 e. The predicted molar refractivity (Wildman–Crippen MR) is 57.5 cm³/mol. The molecule has 72 valence electrons. The molecule has 13 heavy (non-hydrogen) atoms. The highest BCUT2D eigenvalue weighted by Crippen LogP contribution is 2.38. The highest BCUT2D eigenvalue weighted by atomic mass is 14.7. The molecular formula is C11H18N2. The fraction of sp³-hybridized carbons (Fsp3) is 0.545. The maximum atomic E-state index is 5.46. The number of aliphatic imine (C=N–C) groups is 1. The minimum atomic E-state index is -0.0110. The monoisotopic (exact) mass is 178 g/mol. The second-order valence-electron chi connectivity index (χ2n) is 3.77. The molecular weight excluding hydrogens is 160 g/mol. The van der Waals surface area contributed by atoms with Crippen LogP contribution in [0.4, 0.5) is 0 Å². The molecule has 0 radical (unpaired) electrons. The van der Waals surface area contributed by atoms with E-state index in [4.69, 9.17) is 5.73 Å². The summed E-state index contributed by atoms with van der Waals surface area (Å²) in [5.41, 5.74) is 6.81. The van der Waals surface area contributed by atoms with E-state index in [-0.39, 0.29) is 5.41 Å². The zero-order chi connectivity index (χ0) is 9.90. The third-order valence-corrected chi connectivity index (χ3v) is 2.66. The molecule has 0 saturated carbocycles. The summed E-state index contributed by atoms with van der Waals surface area (Å²) in [5.74, 6) is 0.527. The van der Waals surface area contributed by atoms with Gasteiger partial charge in [0.05, 0.1) is 0 Å². The van der Waals surface area contributed by atoms with Gasteiger partial charge in [0.15, 0.2) is 0 Å². The summed E-state index contributed by atoms with van der Waals surface area (Å²) in [5, 5.41) is 0. The van der Waals surface area contributed by atoms with Crippen LogP contribution in [0, 0.1) is 11.3 Å². The Kier molecular flexibility index (Phi) is 2.91. The molecule has 1 heterocycles. The van der Waals surface area contributed by atoms with Gasteiger partial charge < -0.3 is 5.73 Å². The van der Waals surface area contributed by atoms with E-state index in [0.29, 0.717) is 5.92 Å². The highest BCUT2D eigenvalue weighted by molar-refractivity contribution is 5.77. The van der Waals surface area contributed by atoms with E-state index in [1.165, 1.54) is 5.57 Å². The molecule has 1 rings (SSSR count). The van der Waals surface area contributed by atoms with Crippen molar-refractivity contribution in [1.29, 1.82) is 0 Å². The Morgan fingerprint density at radius 2 is 2.31 bits per heavy atom. The fourth-order valence-corrected chi connectivity index (χ4v) is 1.86. The van der Waals surface area contributed by atoms with E-state index in [1.54, 1.807) is 6.20 Å². The van der Waals surface area contributed by atoms with Crippen LogP contribution in [0.15, 0.2) is 29.0 Å². The summed E-state index contributed by atoms with van der Waals surface area (Å²) in [6, 6.07) is 0. The van der Waals surface area contributed by atoms with Gasteiger partial charge in [-0.05, 0) is 24.1 Å². The van der Waals surface area contributed by atoms with Crippen LogP contribution in [0.2, 0.25) is 0 Å². The SMILES string of the molecule is CCC1(/C=C\N)C=NC=C1C(C)C. The van der Waals surface area contributed by atoms with Crippen LogP contribution in [-0.4, -0.2) is 6.21 Å². The molecule has 1 aliphatic rings. The molecule has 0 bridgehead atoms. The van der Waals surface area contributed by atoms with E-state index >= 15 is 0 Å². The quantitative estimate of drug-likeness (QED) is 0.708. The lowest BCUT2D eigenvalue weighted by atomic mass is 9.75. The third-order valence-electron chi connectivity index (χ3n) is 2.66. The van der Waals surface area contributed by atoms with Crippen LogP contribution >= 0.6 is 0 Å². The summed E-state index contributed by atoms with van der Waals surface area (Å²) < 4.78 is 0. The van der Waals surface area contributed by atoms with Crippen molar-refractivity contribution in [1.82, 2.24) is 0 Å². The molecule has 0 amide bonds. The molecule has 2 N–H and O–H groups in total. The van der Waals surface area contributed by atoms with Gasteiger partial charge in [0, 0.05) is 17.8 Å². The molecule has 2 heteroatoms. The summed E-state index contributed by atoms with van der Waals surface area (Å²) in [6.45, 7) is 6.54. The first-order chi connectivity index (χ1) is 6.16. The van der Waals surface area contributed by atoms with Crippen molar-refractivity contribution >= 4 is 6.21 Å². The van der Waals surface area contributed by atoms with E-state index in [2.05, 4.69) is 25.8 Å². The molecule has 1 unspecified atom stereocenters. The zero-order valence-corrected chi connectivity index (χ0v) is 8.62. The number of hydrogen-bond donors (Lipinski definition) is 1. The molecule has 0 aromatic heterocycles. The zero-order valence-electron chi connectivity index (χ0n) is 8.62. The van der Waals surface area contributed by atoms with Crippen LogP contribution in [0.25, 0.3) is 0 Å². The Hall–Kier alpha value is -1.05. The summed E-state index contributed by atoms with van der Waals surface area (Å²) in [7, 11) is 0. The molecule has 0 spiro atoms. The minimum Gasteiger partial charge on any atom is -0.405 e. The number of nitrogens with zero attached hydrogens (tertiary/aromatic N) is 1. The topological polar surface area (TPSA) is 38.4 Å². The summed E-state index contributed by atoms with van der Waals surface area (Å²) >= 11 is 0. The van der Waals surface area contributed by atoms with Crippen molar-refractivity contribution in [3.63, 3.8) is 0 Å². The van der Waals surface area contributed by atoms with Gasteiger partial charge in [0.1, 0.15) is 0 Å². The molecule has 0 aromatic rings.